The molecule has 0 saturated carbocycles. The maximum absolute atomic E-state index is 14.3. The van der Waals surface area contributed by atoms with Crippen molar-refractivity contribution in [3.63, 3.8) is 0 Å². The molecule has 5 nitrogen and oxygen atoms in total. The third kappa shape index (κ3) is 3.60. The summed E-state index contributed by atoms with van der Waals surface area (Å²) in [6.07, 6.45) is 0. The summed E-state index contributed by atoms with van der Waals surface area (Å²) < 4.78 is 21.6. The average molecular weight is 386 g/mol. The number of anilines is 1. The van der Waals surface area contributed by atoms with E-state index in [-0.39, 0.29) is 12.4 Å². The number of fused-ring (bicyclic) bond motifs is 1. The van der Waals surface area contributed by atoms with Gasteiger partial charge in [-0.1, -0.05) is 18.3 Å². The average Bonchev–Trinajstić information content (AvgIpc) is 2.94. The van der Waals surface area contributed by atoms with Gasteiger partial charge in [0.05, 0.1) is 18.3 Å². The largest absolute Gasteiger partial charge is 0.496 e. The Morgan fingerprint density at radius 1 is 1.33 bits per heavy atom. The number of imidazole rings is 1. The minimum Gasteiger partial charge on any atom is -0.496 e. The summed E-state index contributed by atoms with van der Waals surface area (Å²) in [5.41, 5.74) is 3.99. The van der Waals surface area contributed by atoms with Crippen LogP contribution in [0, 0.1) is 12.7 Å². The van der Waals surface area contributed by atoms with Gasteiger partial charge in [-0.25, -0.2) is 9.37 Å². The topological polar surface area (TPSA) is 42.3 Å². The second-order valence-corrected chi connectivity index (χ2v) is 6.97. The molecule has 3 aromatic rings. The van der Waals surface area contributed by atoms with Crippen LogP contribution in [0.4, 0.5) is 10.1 Å². The van der Waals surface area contributed by atoms with Crippen LogP contribution in [-0.2, 0) is 13.6 Å². The third-order valence-corrected chi connectivity index (χ3v) is 5.22. The molecule has 7 heteroatoms. The van der Waals surface area contributed by atoms with Crippen LogP contribution in [-0.4, -0.2) is 40.6 Å². The number of nitrogens with one attached hydrogen (secondary N) is 1. The number of rotatable bonds is 5. The molecule has 0 amide bonds. The van der Waals surface area contributed by atoms with Gasteiger partial charge < -0.3 is 19.5 Å². The summed E-state index contributed by atoms with van der Waals surface area (Å²) in [6, 6.07) is 8.81. The van der Waals surface area contributed by atoms with Crippen molar-refractivity contribution in [3.8, 4) is 5.75 Å². The lowest BCUT2D eigenvalue weighted by Crippen LogP contribution is -2.20. The Hall–Kier alpha value is -2.67. The number of halogens is 1. The van der Waals surface area contributed by atoms with Crippen LogP contribution < -0.4 is 10.1 Å². The molecule has 0 atom stereocenters. The highest BCUT2D eigenvalue weighted by Crippen LogP contribution is 2.28. The molecule has 142 valence electrons. The number of benzene rings is 2. The second-order valence-electron chi connectivity index (χ2n) is 6.58. The molecule has 0 radical (unpaired) electrons. The molecule has 27 heavy (non-hydrogen) atoms. The van der Waals surface area contributed by atoms with Crippen molar-refractivity contribution >= 4 is 33.9 Å². The lowest BCUT2D eigenvalue weighted by Gasteiger charge is -2.17. The maximum Gasteiger partial charge on any atom is 0.131 e. The zero-order valence-corrected chi connectivity index (χ0v) is 16.9. The van der Waals surface area contributed by atoms with E-state index in [0.29, 0.717) is 11.3 Å². The number of hydrogen-bond acceptors (Lipinski definition) is 4. The van der Waals surface area contributed by atoms with E-state index >= 15 is 0 Å². The molecular weight excluding hydrogens is 363 g/mol. The van der Waals surface area contributed by atoms with Gasteiger partial charge in [-0.3, -0.25) is 0 Å². The zero-order chi connectivity index (χ0) is 19.7. The molecule has 1 aromatic heterocycles. The van der Waals surface area contributed by atoms with Gasteiger partial charge in [0.25, 0.3) is 0 Å². The van der Waals surface area contributed by atoms with Crippen LogP contribution in [0.15, 0.2) is 30.3 Å². The molecule has 0 bridgehead atoms. The van der Waals surface area contributed by atoms with E-state index < -0.39 is 0 Å². The Bertz CT molecular complexity index is 1010. The van der Waals surface area contributed by atoms with E-state index in [2.05, 4.69) is 10.3 Å². The molecule has 0 aliphatic rings. The Morgan fingerprint density at radius 2 is 2.07 bits per heavy atom. The van der Waals surface area contributed by atoms with Crippen molar-refractivity contribution in [3.05, 3.63) is 53.1 Å². The Morgan fingerprint density at radius 3 is 2.74 bits per heavy atom. The van der Waals surface area contributed by atoms with Gasteiger partial charge in [0.2, 0.25) is 0 Å². The van der Waals surface area contributed by atoms with Crippen molar-refractivity contribution in [2.45, 2.75) is 13.5 Å². The lowest BCUT2D eigenvalue weighted by molar-refractivity contribution is 0.405. The fourth-order valence-corrected chi connectivity index (χ4v) is 3.12. The first kappa shape index (κ1) is 19.1. The smallest absolute Gasteiger partial charge is 0.131 e. The van der Waals surface area contributed by atoms with E-state index in [1.54, 1.807) is 12.1 Å². The molecule has 1 N–H and O–H groups in total. The summed E-state index contributed by atoms with van der Waals surface area (Å²) in [7, 11) is 7.34. The summed E-state index contributed by atoms with van der Waals surface area (Å²) in [5.74, 6) is 1.09. The van der Waals surface area contributed by atoms with Crippen LogP contribution in [0.2, 0.25) is 0 Å². The molecule has 2 aromatic carbocycles. The molecule has 0 saturated heterocycles. The van der Waals surface area contributed by atoms with Crippen LogP contribution in [0.5, 0.6) is 5.75 Å². The van der Waals surface area contributed by atoms with Crippen LogP contribution in [0.3, 0.4) is 0 Å². The van der Waals surface area contributed by atoms with Crippen molar-refractivity contribution in [2.24, 2.45) is 7.05 Å². The predicted molar refractivity (Wildman–Crippen MR) is 111 cm³/mol. The van der Waals surface area contributed by atoms with Crippen LogP contribution >= 0.6 is 12.2 Å². The van der Waals surface area contributed by atoms with Gasteiger partial charge >= 0.3 is 0 Å². The van der Waals surface area contributed by atoms with E-state index in [1.165, 1.54) is 13.2 Å². The summed E-state index contributed by atoms with van der Waals surface area (Å²) in [5, 5.41) is 3.32. The number of ether oxygens (including phenoxy) is 1. The van der Waals surface area contributed by atoms with Crippen molar-refractivity contribution in [1.82, 2.24) is 14.5 Å². The highest BCUT2D eigenvalue weighted by atomic mass is 32.1. The minimum absolute atomic E-state index is 0.277. The van der Waals surface area contributed by atoms with Gasteiger partial charge in [0.15, 0.2) is 0 Å². The molecule has 0 spiro atoms. The number of aromatic nitrogens is 2. The summed E-state index contributed by atoms with van der Waals surface area (Å²) in [6.45, 7) is 2.23. The fraction of sp³-hybridized carbons (Fsp3) is 0.300. The van der Waals surface area contributed by atoms with Gasteiger partial charge in [-0.05, 0) is 31.2 Å². The quantitative estimate of drug-likeness (QED) is 0.674. The highest BCUT2D eigenvalue weighted by Gasteiger charge is 2.15. The van der Waals surface area contributed by atoms with Gasteiger partial charge in [0.1, 0.15) is 27.9 Å². The van der Waals surface area contributed by atoms with E-state index in [9.17, 15) is 4.39 Å². The normalized spacial score (nSPS) is 10.9. The maximum atomic E-state index is 14.3. The van der Waals surface area contributed by atoms with Crippen LogP contribution in [0.1, 0.15) is 17.0 Å². The van der Waals surface area contributed by atoms with E-state index in [4.69, 9.17) is 17.0 Å². The van der Waals surface area contributed by atoms with Crippen LogP contribution in [0.25, 0.3) is 11.0 Å². The summed E-state index contributed by atoms with van der Waals surface area (Å²) in [4.78, 5) is 7.27. The molecule has 0 unspecified atom stereocenters. The highest BCUT2D eigenvalue weighted by molar-refractivity contribution is 7.80. The SMILES string of the molecule is COc1cccc(F)c1CNc1cc(C(=S)N(C)C)cc2c1nc(C)n2C. The molecule has 0 aliphatic carbocycles. The standard InChI is InChI=1S/C20H23FN4OS/c1-12-23-19-16(22-11-14-15(21)7-6-8-18(14)26-5)9-13(20(27)24(2)3)10-17(19)25(12)4/h6-10,22H,11H2,1-5H3. The van der Waals surface area contributed by atoms with Gasteiger partial charge in [0, 0.05) is 38.8 Å². The number of methoxy groups -OCH3 is 1. The van der Waals surface area contributed by atoms with Gasteiger partial charge in [-0.15, -0.1) is 0 Å². The monoisotopic (exact) mass is 386 g/mol. The van der Waals surface area contributed by atoms with E-state index in [1.807, 2.05) is 49.7 Å². The first-order valence-electron chi connectivity index (χ1n) is 8.57. The second kappa shape index (κ2) is 7.52. The Kier molecular flexibility index (Phi) is 5.32. The molecule has 1 heterocycles. The van der Waals surface area contributed by atoms with Crippen molar-refractivity contribution in [1.29, 1.82) is 0 Å². The molecule has 0 fully saturated rings. The van der Waals surface area contributed by atoms with E-state index in [0.717, 1.165) is 33.1 Å². The third-order valence-electron chi connectivity index (χ3n) is 4.61. The Balaban J connectivity index is 2.05. The molecule has 3 rings (SSSR count). The number of thiocarbonyl (C=S) groups is 1. The van der Waals surface area contributed by atoms with Gasteiger partial charge in [-0.2, -0.15) is 0 Å². The molecular formula is C20H23FN4OS. The predicted octanol–water partition coefficient (Wildman–Crippen LogP) is 3.88. The first-order valence-corrected chi connectivity index (χ1v) is 8.98. The number of aryl methyl sites for hydroxylation is 2. The fourth-order valence-electron chi connectivity index (χ4n) is 3.01. The zero-order valence-electron chi connectivity index (χ0n) is 16.1. The Labute approximate surface area is 163 Å². The first-order chi connectivity index (χ1) is 12.8. The summed E-state index contributed by atoms with van der Waals surface area (Å²) >= 11 is 5.54. The molecule has 0 aliphatic heterocycles. The number of hydrogen-bond donors (Lipinski definition) is 1. The minimum atomic E-state index is -0.310. The number of nitrogens with zero attached hydrogens (tertiary/aromatic N) is 3. The van der Waals surface area contributed by atoms with Crippen molar-refractivity contribution in [2.75, 3.05) is 26.5 Å². The van der Waals surface area contributed by atoms with Crippen molar-refractivity contribution < 1.29 is 9.13 Å². The lowest BCUT2D eigenvalue weighted by atomic mass is 10.1.